The van der Waals surface area contributed by atoms with Gasteiger partial charge in [-0.25, -0.2) is 4.99 Å². The Hall–Kier alpha value is -1.71. The van der Waals surface area contributed by atoms with Crippen molar-refractivity contribution < 1.29 is 14.2 Å². The predicted octanol–water partition coefficient (Wildman–Crippen LogP) is 0.733. The molecule has 2 atom stereocenters. The molecule has 9 nitrogen and oxygen atoms in total. The fraction of sp³-hybridized carbons (Fsp3) is 0.842. The molecule has 2 aliphatic heterocycles. The zero-order valence-electron chi connectivity index (χ0n) is 17.4. The van der Waals surface area contributed by atoms with E-state index in [1.807, 2.05) is 18.5 Å². The van der Waals surface area contributed by atoms with Gasteiger partial charge in [0, 0.05) is 46.3 Å². The molecule has 1 aromatic heterocycles. The van der Waals surface area contributed by atoms with Crippen LogP contribution < -0.4 is 5.32 Å². The second kappa shape index (κ2) is 10.7. The lowest BCUT2D eigenvalue weighted by Gasteiger charge is -2.23. The minimum absolute atomic E-state index is 0.276. The first-order chi connectivity index (χ1) is 13.7. The van der Waals surface area contributed by atoms with Crippen LogP contribution in [0.5, 0.6) is 0 Å². The molecule has 0 spiro atoms. The van der Waals surface area contributed by atoms with Crippen molar-refractivity contribution in [2.45, 2.75) is 38.8 Å². The van der Waals surface area contributed by atoms with E-state index in [0.29, 0.717) is 25.7 Å². The van der Waals surface area contributed by atoms with Crippen LogP contribution in [0.1, 0.15) is 30.9 Å². The third-order valence-electron chi connectivity index (χ3n) is 5.44. The van der Waals surface area contributed by atoms with Crippen LogP contribution in [0.4, 0.5) is 0 Å². The Bertz CT molecular complexity index is 629. The largest absolute Gasteiger partial charge is 0.382 e. The summed E-state index contributed by atoms with van der Waals surface area (Å²) in [5.74, 6) is 3.21. The van der Waals surface area contributed by atoms with Crippen LogP contribution in [0.15, 0.2) is 4.99 Å². The van der Waals surface area contributed by atoms with E-state index >= 15 is 0 Å². The summed E-state index contributed by atoms with van der Waals surface area (Å²) in [7, 11) is 3.67. The van der Waals surface area contributed by atoms with E-state index in [1.54, 1.807) is 7.11 Å². The van der Waals surface area contributed by atoms with Gasteiger partial charge in [-0.3, -0.25) is 0 Å². The Balaban J connectivity index is 1.57. The number of aryl methyl sites for hydroxylation is 1. The molecule has 2 saturated heterocycles. The number of hydrogen-bond acceptors (Lipinski definition) is 6. The van der Waals surface area contributed by atoms with Gasteiger partial charge in [0.1, 0.15) is 12.4 Å². The normalized spacial score (nSPS) is 23.0. The molecule has 2 aliphatic rings. The Morgan fingerprint density at radius 2 is 2.21 bits per heavy atom. The van der Waals surface area contributed by atoms with Crippen LogP contribution in [-0.4, -0.2) is 84.9 Å². The van der Waals surface area contributed by atoms with E-state index in [9.17, 15) is 0 Å². The predicted molar refractivity (Wildman–Crippen MR) is 106 cm³/mol. The molecule has 158 valence electrons. The molecule has 0 saturated carbocycles. The van der Waals surface area contributed by atoms with Gasteiger partial charge in [-0.15, -0.1) is 10.2 Å². The summed E-state index contributed by atoms with van der Waals surface area (Å²) in [6.45, 7) is 8.10. The Morgan fingerprint density at radius 1 is 1.32 bits per heavy atom. The zero-order chi connectivity index (χ0) is 19.8. The first-order valence-corrected chi connectivity index (χ1v) is 10.2. The van der Waals surface area contributed by atoms with Gasteiger partial charge in [0.25, 0.3) is 0 Å². The lowest BCUT2D eigenvalue weighted by molar-refractivity contribution is 0.0536. The number of likely N-dealkylation sites (tertiary alicyclic amines) is 1. The smallest absolute Gasteiger partial charge is 0.194 e. The van der Waals surface area contributed by atoms with Crippen molar-refractivity contribution in [2.75, 3.05) is 53.2 Å². The van der Waals surface area contributed by atoms with Crippen LogP contribution in [0, 0.1) is 12.8 Å². The topological polar surface area (TPSA) is 86.0 Å². The Labute approximate surface area is 167 Å². The summed E-state index contributed by atoms with van der Waals surface area (Å²) in [6.07, 6.45) is 3.63. The molecule has 28 heavy (non-hydrogen) atoms. The van der Waals surface area contributed by atoms with Crippen molar-refractivity contribution in [1.29, 1.82) is 0 Å². The number of hydrogen-bond donors (Lipinski definition) is 1. The maximum absolute atomic E-state index is 5.75. The number of aromatic nitrogens is 3. The van der Waals surface area contributed by atoms with Crippen molar-refractivity contribution in [3.8, 4) is 0 Å². The number of guanidine groups is 1. The highest BCUT2D eigenvalue weighted by Gasteiger charge is 2.26. The maximum Gasteiger partial charge on any atom is 0.194 e. The molecule has 1 N–H and O–H groups in total. The summed E-state index contributed by atoms with van der Waals surface area (Å²) in [5, 5.41) is 11.9. The summed E-state index contributed by atoms with van der Waals surface area (Å²) in [6, 6.07) is 0. The summed E-state index contributed by atoms with van der Waals surface area (Å²) in [5.41, 5.74) is 0. The highest BCUT2D eigenvalue weighted by atomic mass is 16.5. The second-order valence-corrected chi connectivity index (χ2v) is 7.55. The van der Waals surface area contributed by atoms with Crippen LogP contribution >= 0.6 is 0 Å². The van der Waals surface area contributed by atoms with Gasteiger partial charge in [0.05, 0.1) is 25.9 Å². The summed E-state index contributed by atoms with van der Waals surface area (Å²) < 4.78 is 18.5. The highest BCUT2D eigenvalue weighted by molar-refractivity contribution is 5.80. The van der Waals surface area contributed by atoms with Crippen molar-refractivity contribution in [2.24, 2.45) is 18.0 Å². The summed E-state index contributed by atoms with van der Waals surface area (Å²) in [4.78, 5) is 7.17. The minimum atomic E-state index is 0.276. The molecule has 3 heterocycles. The lowest BCUT2D eigenvalue weighted by atomic mass is 10.1. The number of nitrogens with zero attached hydrogens (tertiary/aromatic N) is 5. The van der Waals surface area contributed by atoms with Crippen molar-refractivity contribution in [3.05, 3.63) is 11.6 Å². The number of nitrogens with one attached hydrogen (secondary N) is 1. The lowest BCUT2D eigenvalue weighted by Crippen LogP contribution is -2.43. The van der Waals surface area contributed by atoms with E-state index in [0.717, 1.165) is 69.7 Å². The van der Waals surface area contributed by atoms with Crippen LogP contribution in [0.2, 0.25) is 0 Å². The van der Waals surface area contributed by atoms with Crippen molar-refractivity contribution in [1.82, 2.24) is 25.0 Å². The van der Waals surface area contributed by atoms with Gasteiger partial charge < -0.3 is 29.0 Å². The molecule has 2 unspecified atom stereocenters. The van der Waals surface area contributed by atoms with E-state index in [1.165, 1.54) is 0 Å². The molecule has 1 aromatic rings. The highest BCUT2D eigenvalue weighted by Crippen LogP contribution is 2.17. The first-order valence-electron chi connectivity index (χ1n) is 10.2. The third kappa shape index (κ3) is 5.89. The fourth-order valence-electron chi connectivity index (χ4n) is 3.57. The minimum Gasteiger partial charge on any atom is -0.382 e. The second-order valence-electron chi connectivity index (χ2n) is 7.55. The molecular formula is C19H34N6O3. The molecule has 3 rings (SSSR count). The van der Waals surface area contributed by atoms with Gasteiger partial charge in [-0.05, 0) is 26.2 Å². The quantitative estimate of drug-likeness (QED) is 0.375. The van der Waals surface area contributed by atoms with E-state index in [-0.39, 0.29) is 6.10 Å². The van der Waals surface area contributed by atoms with Gasteiger partial charge in [-0.2, -0.15) is 0 Å². The van der Waals surface area contributed by atoms with Crippen LogP contribution in [0.3, 0.4) is 0 Å². The monoisotopic (exact) mass is 394 g/mol. The molecule has 9 heteroatoms. The Kier molecular flexibility index (Phi) is 8.05. The van der Waals surface area contributed by atoms with E-state index in [2.05, 4.69) is 20.4 Å². The summed E-state index contributed by atoms with van der Waals surface area (Å²) >= 11 is 0. The SMILES string of the molecule is COCCOCC1CCN(C(=NCc2nnc(C)n2C)NCC2CCCO2)C1. The molecule has 0 aliphatic carbocycles. The maximum atomic E-state index is 5.75. The standard InChI is InChI=1S/C19H34N6O3/c1-15-22-23-18(24(15)2)12-21-19(20-11-17-5-4-8-28-17)25-7-6-16(13-25)14-27-10-9-26-3/h16-17H,4-14H2,1-3H3,(H,20,21). The van der Waals surface area contributed by atoms with Gasteiger partial charge >= 0.3 is 0 Å². The van der Waals surface area contributed by atoms with Crippen molar-refractivity contribution in [3.63, 3.8) is 0 Å². The number of rotatable bonds is 9. The zero-order valence-corrected chi connectivity index (χ0v) is 17.4. The van der Waals surface area contributed by atoms with E-state index < -0.39 is 0 Å². The fourth-order valence-corrected chi connectivity index (χ4v) is 3.57. The molecule has 0 aromatic carbocycles. The van der Waals surface area contributed by atoms with Gasteiger partial charge in [-0.1, -0.05) is 0 Å². The Morgan fingerprint density at radius 3 is 2.93 bits per heavy atom. The number of aliphatic imine (C=N–C) groups is 1. The average molecular weight is 395 g/mol. The molecular weight excluding hydrogens is 360 g/mol. The first kappa shape index (κ1) is 21.0. The van der Waals surface area contributed by atoms with Crippen LogP contribution in [0.25, 0.3) is 0 Å². The third-order valence-corrected chi connectivity index (χ3v) is 5.44. The average Bonchev–Trinajstić information content (AvgIpc) is 3.44. The van der Waals surface area contributed by atoms with E-state index in [4.69, 9.17) is 19.2 Å². The molecule has 2 fully saturated rings. The molecule has 0 bridgehead atoms. The van der Waals surface area contributed by atoms with Gasteiger partial charge in [0.15, 0.2) is 11.8 Å². The number of ether oxygens (including phenoxy) is 3. The van der Waals surface area contributed by atoms with Crippen LogP contribution in [-0.2, 0) is 27.8 Å². The van der Waals surface area contributed by atoms with Gasteiger partial charge in [0.2, 0.25) is 0 Å². The molecule has 0 amide bonds. The number of methoxy groups -OCH3 is 1. The van der Waals surface area contributed by atoms with Crippen molar-refractivity contribution >= 4 is 5.96 Å². The molecule has 0 radical (unpaired) electrons.